The molecule has 4 rings (SSSR count). The van der Waals surface area contributed by atoms with Crippen LogP contribution in [0.25, 0.3) is 0 Å². The number of nitrogens with zero attached hydrogens (tertiary/aromatic N) is 2. The van der Waals surface area contributed by atoms with Crippen molar-refractivity contribution in [3.8, 4) is 0 Å². The largest absolute Gasteiger partial charge is 0.478 e. The van der Waals surface area contributed by atoms with Gasteiger partial charge in [0.2, 0.25) is 0 Å². The van der Waals surface area contributed by atoms with Crippen molar-refractivity contribution in [1.82, 2.24) is 4.90 Å². The lowest BCUT2D eigenvalue weighted by Gasteiger charge is -2.38. The van der Waals surface area contributed by atoms with E-state index in [-0.39, 0.29) is 29.1 Å². The van der Waals surface area contributed by atoms with Crippen LogP contribution in [0.4, 0.5) is 5.69 Å². The summed E-state index contributed by atoms with van der Waals surface area (Å²) in [5.74, 6) is -1.89. The molecule has 2 heterocycles. The van der Waals surface area contributed by atoms with Crippen LogP contribution in [0.1, 0.15) is 61.1 Å². The summed E-state index contributed by atoms with van der Waals surface area (Å²) >= 11 is 0. The van der Waals surface area contributed by atoms with Crippen molar-refractivity contribution in [2.75, 3.05) is 18.0 Å². The summed E-state index contributed by atoms with van der Waals surface area (Å²) in [4.78, 5) is 40.2. The summed E-state index contributed by atoms with van der Waals surface area (Å²) in [6.45, 7) is 7.19. The summed E-state index contributed by atoms with van der Waals surface area (Å²) in [7, 11) is 0. The number of hydrogen-bond donors (Lipinski definition) is 1. The maximum atomic E-state index is 12.8. The minimum absolute atomic E-state index is 0.0103. The lowest BCUT2D eigenvalue weighted by atomic mass is 9.93. The van der Waals surface area contributed by atoms with E-state index in [1.54, 1.807) is 0 Å². The van der Waals surface area contributed by atoms with Gasteiger partial charge >= 0.3 is 5.97 Å². The average Bonchev–Trinajstić information content (AvgIpc) is 2.92. The molecule has 0 fully saturated rings. The van der Waals surface area contributed by atoms with Gasteiger partial charge < -0.3 is 10.0 Å². The number of carboxylic acid groups (broad SMARTS) is 1. The maximum Gasteiger partial charge on any atom is 0.335 e. The van der Waals surface area contributed by atoms with Crippen LogP contribution >= 0.6 is 0 Å². The molecule has 6 heteroatoms. The van der Waals surface area contributed by atoms with Crippen LogP contribution < -0.4 is 4.90 Å². The zero-order valence-corrected chi connectivity index (χ0v) is 16.9. The van der Waals surface area contributed by atoms with E-state index in [1.807, 2.05) is 0 Å². The van der Waals surface area contributed by atoms with Crippen LogP contribution in [0.15, 0.2) is 30.3 Å². The Balaban J connectivity index is 1.57. The monoisotopic (exact) mass is 392 g/mol. The maximum absolute atomic E-state index is 12.8. The molecule has 1 atom stereocenters. The highest BCUT2D eigenvalue weighted by Gasteiger charge is 2.36. The number of fused-ring (bicyclic) bond motifs is 2. The summed E-state index contributed by atoms with van der Waals surface area (Å²) in [6, 6.07) is 8.84. The first-order valence-corrected chi connectivity index (χ1v) is 9.88. The van der Waals surface area contributed by atoms with E-state index < -0.39 is 11.9 Å². The van der Waals surface area contributed by atoms with Gasteiger partial charge in [0.05, 0.1) is 16.7 Å². The van der Waals surface area contributed by atoms with Crippen molar-refractivity contribution in [3.63, 3.8) is 0 Å². The van der Waals surface area contributed by atoms with Gasteiger partial charge in [-0.15, -0.1) is 0 Å². The summed E-state index contributed by atoms with van der Waals surface area (Å²) in [5, 5.41) is 9.16. The molecule has 0 radical (unpaired) electrons. The number of carboxylic acids is 1. The van der Waals surface area contributed by atoms with E-state index in [0.717, 1.165) is 12.8 Å². The van der Waals surface area contributed by atoms with Crippen LogP contribution in [0.5, 0.6) is 0 Å². The molecule has 2 aliphatic heterocycles. The van der Waals surface area contributed by atoms with Gasteiger partial charge in [-0.05, 0) is 74.6 Å². The molecule has 6 nitrogen and oxygen atoms in total. The number of rotatable bonds is 4. The number of carbonyl (C=O) groups is 3. The van der Waals surface area contributed by atoms with Crippen LogP contribution in [-0.2, 0) is 6.42 Å². The second kappa shape index (κ2) is 7.03. The summed E-state index contributed by atoms with van der Waals surface area (Å²) in [5.41, 5.74) is 5.44. The summed E-state index contributed by atoms with van der Waals surface area (Å²) < 4.78 is 0. The minimum Gasteiger partial charge on any atom is -0.478 e. The fourth-order valence-electron chi connectivity index (χ4n) is 4.26. The molecule has 0 bridgehead atoms. The van der Waals surface area contributed by atoms with E-state index in [2.05, 4.69) is 37.8 Å². The molecule has 150 valence electrons. The Morgan fingerprint density at radius 1 is 1.03 bits per heavy atom. The highest BCUT2D eigenvalue weighted by atomic mass is 16.4. The van der Waals surface area contributed by atoms with E-state index in [4.69, 9.17) is 5.11 Å². The third-order valence-electron chi connectivity index (χ3n) is 6.15. The zero-order chi connectivity index (χ0) is 20.9. The average molecular weight is 392 g/mol. The first-order valence-electron chi connectivity index (χ1n) is 9.88. The fraction of sp³-hybridized carbons (Fsp3) is 0.348. The standard InChI is InChI=1S/C23H24N2O4/c1-13-10-16-5-4-15(3)24(20(16)11-14(13)2)8-9-25-21(26)18-7-6-17(23(28)29)12-19(18)22(25)27/h6-7,10-12,15H,4-5,8-9H2,1-3H3,(H,28,29). The Morgan fingerprint density at radius 2 is 1.72 bits per heavy atom. The Labute approximate surface area is 169 Å². The van der Waals surface area contributed by atoms with Gasteiger partial charge in [0, 0.05) is 24.8 Å². The Hall–Kier alpha value is -3.15. The lowest BCUT2D eigenvalue weighted by Crippen LogP contribution is -2.44. The van der Waals surface area contributed by atoms with Crippen molar-refractivity contribution in [3.05, 3.63) is 63.7 Å². The minimum atomic E-state index is -1.11. The number of carbonyl (C=O) groups excluding carboxylic acids is 2. The molecule has 29 heavy (non-hydrogen) atoms. The third-order valence-corrected chi connectivity index (χ3v) is 6.15. The molecule has 2 amide bonds. The molecule has 2 aliphatic rings. The first-order chi connectivity index (χ1) is 13.8. The predicted octanol–water partition coefficient (Wildman–Crippen LogP) is 3.44. The van der Waals surface area contributed by atoms with Crippen LogP contribution in [0.2, 0.25) is 0 Å². The molecule has 2 aromatic rings. The SMILES string of the molecule is Cc1cc2c(cc1C)N(CCN1C(=O)c3ccc(C(=O)O)cc3C1=O)C(C)CC2. The third kappa shape index (κ3) is 3.18. The highest BCUT2D eigenvalue weighted by molar-refractivity contribution is 6.21. The predicted molar refractivity (Wildman–Crippen MR) is 110 cm³/mol. The van der Waals surface area contributed by atoms with E-state index in [9.17, 15) is 14.4 Å². The molecule has 1 unspecified atom stereocenters. The van der Waals surface area contributed by atoms with Gasteiger partial charge in [0.25, 0.3) is 11.8 Å². The topological polar surface area (TPSA) is 77.9 Å². The second-order valence-corrected chi connectivity index (χ2v) is 7.97. The quantitative estimate of drug-likeness (QED) is 0.807. The highest BCUT2D eigenvalue weighted by Crippen LogP contribution is 2.33. The van der Waals surface area contributed by atoms with Crippen molar-refractivity contribution in [2.45, 2.75) is 39.7 Å². The van der Waals surface area contributed by atoms with Gasteiger partial charge in [-0.1, -0.05) is 6.07 Å². The van der Waals surface area contributed by atoms with Crippen molar-refractivity contribution in [2.24, 2.45) is 0 Å². The Kier molecular flexibility index (Phi) is 4.65. The smallest absolute Gasteiger partial charge is 0.335 e. The fourth-order valence-corrected chi connectivity index (χ4v) is 4.26. The number of imide groups is 1. The molecule has 0 aromatic heterocycles. The molecule has 0 saturated heterocycles. The van der Waals surface area contributed by atoms with E-state index in [0.29, 0.717) is 12.6 Å². The number of aromatic carboxylic acids is 1. The van der Waals surface area contributed by atoms with Crippen LogP contribution in [-0.4, -0.2) is 46.9 Å². The number of hydrogen-bond acceptors (Lipinski definition) is 4. The first kappa shape index (κ1) is 19.2. The van der Waals surface area contributed by atoms with Crippen molar-refractivity contribution in [1.29, 1.82) is 0 Å². The molecular formula is C23H24N2O4. The van der Waals surface area contributed by atoms with Crippen molar-refractivity contribution >= 4 is 23.5 Å². The van der Waals surface area contributed by atoms with Crippen LogP contribution in [0, 0.1) is 13.8 Å². The van der Waals surface area contributed by atoms with Gasteiger partial charge in [0.1, 0.15) is 0 Å². The molecule has 2 aromatic carbocycles. The Morgan fingerprint density at radius 3 is 2.45 bits per heavy atom. The van der Waals surface area contributed by atoms with E-state index in [1.165, 1.54) is 45.5 Å². The van der Waals surface area contributed by atoms with Gasteiger partial charge in [-0.2, -0.15) is 0 Å². The zero-order valence-electron chi connectivity index (χ0n) is 16.9. The molecular weight excluding hydrogens is 368 g/mol. The Bertz CT molecular complexity index is 1040. The number of benzene rings is 2. The normalized spacial score (nSPS) is 18.1. The second-order valence-electron chi connectivity index (χ2n) is 7.97. The summed E-state index contributed by atoms with van der Waals surface area (Å²) in [6.07, 6.45) is 2.05. The number of anilines is 1. The van der Waals surface area contributed by atoms with E-state index >= 15 is 0 Å². The van der Waals surface area contributed by atoms with Gasteiger partial charge in [0.15, 0.2) is 0 Å². The van der Waals surface area contributed by atoms with Gasteiger partial charge in [-0.3, -0.25) is 14.5 Å². The van der Waals surface area contributed by atoms with Gasteiger partial charge in [-0.25, -0.2) is 4.79 Å². The molecule has 0 aliphatic carbocycles. The number of aryl methyl sites for hydroxylation is 3. The lowest BCUT2D eigenvalue weighted by molar-refractivity contribution is 0.0655. The number of amides is 2. The van der Waals surface area contributed by atoms with Crippen molar-refractivity contribution < 1.29 is 19.5 Å². The molecule has 0 spiro atoms. The molecule has 0 saturated carbocycles. The van der Waals surface area contributed by atoms with Crippen LogP contribution in [0.3, 0.4) is 0 Å². The molecule has 1 N–H and O–H groups in total.